The van der Waals surface area contributed by atoms with Crippen LogP contribution in [0.2, 0.25) is 0 Å². The van der Waals surface area contributed by atoms with Gasteiger partial charge in [-0.3, -0.25) is 4.79 Å². The standard InChI is InChI=1S/C16H20FN5O/c1-10(2)13-5-6-22(9-13)15(23)8-11-3-4-12(7-14(11)17)16-18-20-21-19-16/h3-4,7,10,13H,5-6,8-9H2,1-2H3,(H,18,19,20,21). The number of halogens is 1. The second-order valence-electron chi connectivity index (χ2n) is 6.35. The van der Waals surface area contributed by atoms with E-state index in [0.29, 0.717) is 28.8 Å². The van der Waals surface area contributed by atoms with Crippen molar-refractivity contribution in [3.63, 3.8) is 0 Å². The van der Waals surface area contributed by atoms with E-state index in [2.05, 4.69) is 34.5 Å². The van der Waals surface area contributed by atoms with Crippen LogP contribution in [0.3, 0.4) is 0 Å². The van der Waals surface area contributed by atoms with Gasteiger partial charge < -0.3 is 4.90 Å². The highest BCUT2D eigenvalue weighted by atomic mass is 19.1. The topological polar surface area (TPSA) is 74.8 Å². The maximum Gasteiger partial charge on any atom is 0.227 e. The molecule has 1 atom stereocenters. The van der Waals surface area contributed by atoms with E-state index in [1.807, 2.05) is 4.90 Å². The number of amides is 1. The van der Waals surface area contributed by atoms with Gasteiger partial charge in [0.25, 0.3) is 0 Å². The predicted octanol–water partition coefficient (Wildman–Crippen LogP) is 2.05. The molecule has 1 aromatic carbocycles. The minimum atomic E-state index is -0.416. The van der Waals surface area contributed by atoms with Gasteiger partial charge in [0, 0.05) is 18.7 Å². The van der Waals surface area contributed by atoms with Crippen molar-refractivity contribution in [2.45, 2.75) is 26.7 Å². The lowest BCUT2D eigenvalue weighted by Crippen LogP contribution is -2.30. The number of nitrogens with one attached hydrogen (secondary N) is 1. The summed E-state index contributed by atoms with van der Waals surface area (Å²) in [6.07, 6.45) is 1.12. The Morgan fingerprint density at radius 3 is 2.91 bits per heavy atom. The summed E-state index contributed by atoms with van der Waals surface area (Å²) in [6, 6.07) is 4.67. The summed E-state index contributed by atoms with van der Waals surface area (Å²) in [4.78, 5) is 14.2. The molecule has 0 radical (unpaired) electrons. The van der Waals surface area contributed by atoms with Crippen LogP contribution < -0.4 is 0 Å². The van der Waals surface area contributed by atoms with E-state index in [0.717, 1.165) is 19.5 Å². The molecule has 1 aliphatic rings. The van der Waals surface area contributed by atoms with E-state index in [1.165, 1.54) is 6.07 Å². The second kappa shape index (κ2) is 6.44. The van der Waals surface area contributed by atoms with Gasteiger partial charge in [-0.05, 0) is 35.1 Å². The van der Waals surface area contributed by atoms with Gasteiger partial charge in [-0.2, -0.15) is 5.21 Å². The van der Waals surface area contributed by atoms with Gasteiger partial charge in [-0.1, -0.05) is 26.0 Å². The molecule has 3 rings (SSSR count). The second-order valence-corrected chi connectivity index (χ2v) is 6.35. The third-order valence-corrected chi connectivity index (χ3v) is 4.52. The molecule has 1 amide bonds. The molecule has 1 saturated heterocycles. The van der Waals surface area contributed by atoms with E-state index < -0.39 is 5.82 Å². The lowest BCUT2D eigenvalue weighted by atomic mass is 9.95. The highest BCUT2D eigenvalue weighted by Crippen LogP contribution is 2.25. The summed E-state index contributed by atoms with van der Waals surface area (Å²) in [5.74, 6) is 1.02. The summed E-state index contributed by atoms with van der Waals surface area (Å²) in [5, 5.41) is 13.4. The third kappa shape index (κ3) is 3.38. The number of aromatic amines is 1. The van der Waals surface area contributed by atoms with Crippen molar-refractivity contribution in [1.82, 2.24) is 25.5 Å². The minimum Gasteiger partial charge on any atom is -0.342 e. The van der Waals surface area contributed by atoms with Crippen molar-refractivity contribution in [2.75, 3.05) is 13.1 Å². The molecule has 1 aromatic heterocycles. The summed E-state index contributed by atoms with van der Waals surface area (Å²) >= 11 is 0. The highest BCUT2D eigenvalue weighted by Gasteiger charge is 2.28. The maximum atomic E-state index is 14.2. The van der Waals surface area contributed by atoms with Crippen LogP contribution in [-0.4, -0.2) is 44.5 Å². The fourth-order valence-corrected chi connectivity index (χ4v) is 2.95. The zero-order valence-electron chi connectivity index (χ0n) is 13.3. The SMILES string of the molecule is CC(C)C1CCN(C(=O)Cc2ccc(-c3nn[nH]n3)cc2F)C1. The lowest BCUT2D eigenvalue weighted by molar-refractivity contribution is -0.129. The molecule has 1 aliphatic heterocycles. The van der Waals surface area contributed by atoms with E-state index >= 15 is 0 Å². The quantitative estimate of drug-likeness (QED) is 0.936. The zero-order chi connectivity index (χ0) is 16.4. The van der Waals surface area contributed by atoms with Crippen molar-refractivity contribution < 1.29 is 9.18 Å². The highest BCUT2D eigenvalue weighted by molar-refractivity contribution is 5.79. The number of rotatable bonds is 4. The van der Waals surface area contributed by atoms with Crippen molar-refractivity contribution in [2.24, 2.45) is 11.8 Å². The molecule has 2 heterocycles. The molecule has 1 unspecified atom stereocenters. The van der Waals surface area contributed by atoms with Gasteiger partial charge in [0.05, 0.1) is 6.42 Å². The average Bonchev–Trinajstić information content (AvgIpc) is 3.20. The van der Waals surface area contributed by atoms with E-state index in [4.69, 9.17) is 0 Å². The normalized spacial score (nSPS) is 17.9. The van der Waals surface area contributed by atoms with Crippen LogP contribution in [0.4, 0.5) is 4.39 Å². The van der Waals surface area contributed by atoms with E-state index in [9.17, 15) is 9.18 Å². The zero-order valence-corrected chi connectivity index (χ0v) is 13.3. The molecule has 2 aromatic rings. The Morgan fingerprint density at radius 2 is 2.30 bits per heavy atom. The molecule has 1 N–H and O–H groups in total. The monoisotopic (exact) mass is 317 g/mol. The maximum absolute atomic E-state index is 14.2. The molecule has 0 saturated carbocycles. The van der Waals surface area contributed by atoms with Gasteiger partial charge >= 0.3 is 0 Å². The summed E-state index contributed by atoms with van der Waals surface area (Å²) in [6.45, 7) is 5.90. The average molecular weight is 317 g/mol. The van der Waals surface area contributed by atoms with Crippen LogP contribution in [0.25, 0.3) is 11.4 Å². The van der Waals surface area contributed by atoms with Crippen molar-refractivity contribution in [1.29, 1.82) is 0 Å². The van der Waals surface area contributed by atoms with E-state index in [1.54, 1.807) is 12.1 Å². The third-order valence-electron chi connectivity index (χ3n) is 4.52. The Balaban J connectivity index is 1.67. The molecule has 0 spiro atoms. The van der Waals surface area contributed by atoms with Crippen LogP contribution in [0.5, 0.6) is 0 Å². The number of hydrogen-bond donors (Lipinski definition) is 1. The van der Waals surface area contributed by atoms with Gasteiger partial charge in [-0.25, -0.2) is 4.39 Å². The van der Waals surface area contributed by atoms with Gasteiger partial charge in [-0.15, -0.1) is 10.2 Å². The number of aromatic nitrogens is 4. The summed E-state index contributed by atoms with van der Waals surface area (Å²) in [5.41, 5.74) is 0.934. The van der Waals surface area contributed by atoms with Crippen LogP contribution >= 0.6 is 0 Å². The van der Waals surface area contributed by atoms with Crippen molar-refractivity contribution in [3.05, 3.63) is 29.6 Å². The number of tetrazole rings is 1. The molecule has 122 valence electrons. The first-order chi connectivity index (χ1) is 11.0. The van der Waals surface area contributed by atoms with Gasteiger partial charge in [0.1, 0.15) is 5.82 Å². The number of hydrogen-bond acceptors (Lipinski definition) is 4. The smallest absolute Gasteiger partial charge is 0.227 e. The molecule has 0 bridgehead atoms. The Hall–Kier alpha value is -2.31. The molecule has 6 nitrogen and oxygen atoms in total. The van der Waals surface area contributed by atoms with Crippen LogP contribution in [0, 0.1) is 17.7 Å². The molecule has 7 heteroatoms. The first kappa shape index (κ1) is 15.6. The summed E-state index contributed by atoms with van der Waals surface area (Å²) < 4.78 is 14.2. The number of nitrogens with zero attached hydrogens (tertiary/aromatic N) is 4. The van der Waals surface area contributed by atoms with Crippen LogP contribution in [0.15, 0.2) is 18.2 Å². The fraction of sp³-hybridized carbons (Fsp3) is 0.500. The first-order valence-corrected chi connectivity index (χ1v) is 7.84. The predicted molar refractivity (Wildman–Crippen MR) is 82.8 cm³/mol. The Bertz CT molecular complexity index is 686. The Labute approximate surface area is 134 Å². The van der Waals surface area contributed by atoms with Crippen molar-refractivity contribution in [3.8, 4) is 11.4 Å². The fourth-order valence-electron chi connectivity index (χ4n) is 2.95. The van der Waals surface area contributed by atoms with Gasteiger partial charge in [0.15, 0.2) is 0 Å². The Kier molecular flexibility index (Phi) is 4.36. The molecular formula is C16H20FN5O. The van der Waals surface area contributed by atoms with Gasteiger partial charge in [0.2, 0.25) is 11.7 Å². The van der Waals surface area contributed by atoms with Crippen LogP contribution in [-0.2, 0) is 11.2 Å². The number of likely N-dealkylation sites (tertiary alicyclic amines) is 1. The number of carbonyl (C=O) groups excluding carboxylic acids is 1. The summed E-state index contributed by atoms with van der Waals surface area (Å²) in [7, 11) is 0. The minimum absolute atomic E-state index is 0.0145. The van der Waals surface area contributed by atoms with Crippen LogP contribution in [0.1, 0.15) is 25.8 Å². The van der Waals surface area contributed by atoms with Crippen molar-refractivity contribution >= 4 is 5.91 Å². The number of H-pyrrole nitrogens is 1. The number of benzene rings is 1. The molecular weight excluding hydrogens is 297 g/mol. The number of carbonyl (C=O) groups is 1. The Morgan fingerprint density at radius 1 is 1.48 bits per heavy atom. The molecule has 23 heavy (non-hydrogen) atoms. The lowest BCUT2D eigenvalue weighted by Gasteiger charge is -2.18. The molecule has 1 fully saturated rings. The molecule has 0 aliphatic carbocycles. The van der Waals surface area contributed by atoms with E-state index in [-0.39, 0.29) is 12.3 Å². The largest absolute Gasteiger partial charge is 0.342 e. The first-order valence-electron chi connectivity index (χ1n) is 7.84.